The van der Waals surface area contributed by atoms with E-state index in [4.69, 9.17) is 10.3 Å². The van der Waals surface area contributed by atoms with Gasteiger partial charge in [0.05, 0.1) is 5.69 Å². The van der Waals surface area contributed by atoms with Gasteiger partial charge in [0, 0.05) is 29.9 Å². The van der Waals surface area contributed by atoms with Gasteiger partial charge in [-0.15, -0.1) is 0 Å². The van der Waals surface area contributed by atoms with Gasteiger partial charge in [-0.2, -0.15) is 4.99 Å². The van der Waals surface area contributed by atoms with E-state index in [0.717, 1.165) is 11.1 Å². The van der Waals surface area contributed by atoms with Crippen LogP contribution in [0.5, 0.6) is 0 Å². The summed E-state index contributed by atoms with van der Waals surface area (Å²) in [6, 6.07) is 18.0. The lowest BCUT2D eigenvalue weighted by Crippen LogP contribution is -2.23. The summed E-state index contributed by atoms with van der Waals surface area (Å²) in [6.45, 7) is 1.92. The topological polar surface area (TPSA) is 102 Å². The monoisotopic (exact) mass is 402 g/mol. The number of aromatic nitrogens is 3. The van der Waals surface area contributed by atoms with E-state index in [0.29, 0.717) is 17.2 Å². The Morgan fingerprint density at radius 1 is 1.07 bits per heavy atom. The van der Waals surface area contributed by atoms with Crippen LogP contribution in [0.2, 0.25) is 0 Å². The average Bonchev–Trinajstić information content (AvgIpc) is 3.22. The van der Waals surface area contributed by atoms with Gasteiger partial charge in [0.2, 0.25) is 11.9 Å². The largest absolute Gasteiger partial charge is 0.369 e. The second kappa shape index (κ2) is 8.52. The normalized spacial score (nSPS) is 12.5. The van der Waals surface area contributed by atoms with Gasteiger partial charge in [-0.25, -0.2) is 14.4 Å². The molecule has 0 amide bonds. The molecule has 1 unspecified atom stereocenters. The Morgan fingerprint density at radius 3 is 2.57 bits per heavy atom. The van der Waals surface area contributed by atoms with Gasteiger partial charge < -0.3 is 10.3 Å². The second-order valence-corrected chi connectivity index (χ2v) is 6.61. The van der Waals surface area contributed by atoms with Gasteiger partial charge in [-0.1, -0.05) is 54.5 Å². The number of anilines is 1. The number of hydrogen-bond donors (Lipinski definition) is 2. The molecule has 4 rings (SSSR count). The highest BCUT2D eigenvalue weighted by molar-refractivity contribution is 5.92. The molecule has 2 aromatic carbocycles. The van der Waals surface area contributed by atoms with Crippen LogP contribution in [0, 0.1) is 5.82 Å². The van der Waals surface area contributed by atoms with E-state index in [1.54, 1.807) is 30.6 Å². The first-order valence-corrected chi connectivity index (χ1v) is 9.30. The van der Waals surface area contributed by atoms with Crippen molar-refractivity contribution in [3.8, 4) is 11.1 Å². The number of nitrogens with two attached hydrogens (primary N) is 1. The minimum absolute atomic E-state index is 0.0646. The molecule has 0 saturated carbocycles. The molecular weight excluding hydrogens is 383 g/mol. The van der Waals surface area contributed by atoms with Crippen molar-refractivity contribution in [1.29, 1.82) is 0 Å². The van der Waals surface area contributed by atoms with Gasteiger partial charge in [0.25, 0.3) is 5.88 Å². The van der Waals surface area contributed by atoms with Crippen molar-refractivity contribution >= 4 is 17.8 Å². The first kappa shape index (κ1) is 19.3. The minimum atomic E-state index is -0.288. The third-order valence-electron chi connectivity index (χ3n) is 4.57. The smallest absolute Gasteiger partial charge is 0.253 e. The van der Waals surface area contributed by atoms with Crippen molar-refractivity contribution in [2.45, 2.75) is 12.8 Å². The molecule has 0 radical (unpaired) electrons. The van der Waals surface area contributed by atoms with Crippen LogP contribution in [0.1, 0.15) is 24.1 Å². The maximum Gasteiger partial charge on any atom is 0.253 e. The number of aliphatic imine (C=N–C) groups is 1. The predicted octanol–water partition coefficient (Wildman–Crippen LogP) is 4.48. The van der Waals surface area contributed by atoms with Crippen molar-refractivity contribution in [2.75, 3.05) is 5.32 Å². The van der Waals surface area contributed by atoms with Crippen molar-refractivity contribution in [1.82, 2.24) is 15.1 Å². The maximum atomic E-state index is 14.7. The third-order valence-corrected chi connectivity index (χ3v) is 4.57. The highest BCUT2D eigenvalue weighted by Crippen LogP contribution is 2.30. The molecule has 7 nitrogen and oxygen atoms in total. The lowest BCUT2D eigenvalue weighted by molar-refractivity contribution is 0.419. The molecule has 0 spiro atoms. The first-order valence-electron chi connectivity index (χ1n) is 9.30. The van der Waals surface area contributed by atoms with Gasteiger partial charge in [-0.3, -0.25) is 5.32 Å². The molecule has 0 saturated heterocycles. The standard InChI is InChI=1S/C22H19FN6O/c1-14(16-8-9-17(18(23)12-16)15-6-3-2-4-7-15)19-13-20(30-29-19)27-21(24)28-22-25-10-5-11-26-22/h2-14H,1H3,(H3,24,25,26,27,28). The molecule has 2 heterocycles. The molecule has 0 aliphatic carbocycles. The number of nitrogens with one attached hydrogen (secondary N) is 1. The summed E-state index contributed by atoms with van der Waals surface area (Å²) in [6.07, 6.45) is 3.16. The first-order chi connectivity index (χ1) is 14.6. The number of guanidine groups is 1. The van der Waals surface area contributed by atoms with Crippen LogP contribution < -0.4 is 11.1 Å². The minimum Gasteiger partial charge on any atom is -0.369 e. The maximum absolute atomic E-state index is 14.7. The zero-order valence-electron chi connectivity index (χ0n) is 16.2. The summed E-state index contributed by atoms with van der Waals surface area (Å²) in [5, 5.41) is 6.80. The number of rotatable bonds is 5. The van der Waals surface area contributed by atoms with E-state index in [-0.39, 0.29) is 23.6 Å². The second-order valence-electron chi connectivity index (χ2n) is 6.61. The highest BCUT2D eigenvalue weighted by atomic mass is 19.1. The van der Waals surface area contributed by atoms with Gasteiger partial charge in [0.15, 0.2) is 0 Å². The molecule has 8 heteroatoms. The van der Waals surface area contributed by atoms with E-state index in [1.807, 2.05) is 43.3 Å². The lowest BCUT2D eigenvalue weighted by Gasteiger charge is -2.11. The van der Waals surface area contributed by atoms with Crippen LogP contribution >= 0.6 is 0 Å². The van der Waals surface area contributed by atoms with Gasteiger partial charge in [0.1, 0.15) is 5.82 Å². The Morgan fingerprint density at radius 2 is 1.83 bits per heavy atom. The fourth-order valence-electron chi connectivity index (χ4n) is 2.98. The summed E-state index contributed by atoms with van der Waals surface area (Å²) in [7, 11) is 0. The van der Waals surface area contributed by atoms with Crippen molar-refractivity contribution in [3.05, 3.63) is 90.1 Å². The molecule has 0 aliphatic heterocycles. The lowest BCUT2D eigenvalue weighted by atomic mass is 9.95. The average molecular weight is 402 g/mol. The van der Waals surface area contributed by atoms with E-state index in [1.165, 1.54) is 6.07 Å². The van der Waals surface area contributed by atoms with Gasteiger partial charge >= 0.3 is 0 Å². The summed E-state index contributed by atoms with van der Waals surface area (Å²) in [4.78, 5) is 12.1. The van der Waals surface area contributed by atoms with Crippen molar-refractivity contribution in [3.63, 3.8) is 0 Å². The number of benzene rings is 2. The van der Waals surface area contributed by atoms with Crippen LogP contribution in [-0.4, -0.2) is 21.1 Å². The zero-order chi connectivity index (χ0) is 20.9. The van der Waals surface area contributed by atoms with E-state index in [9.17, 15) is 4.39 Å². The fraction of sp³-hybridized carbons (Fsp3) is 0.0909. The molecule has 3 N–H and O–H groups in total. The predicted molar refractivity (Wildman–Crippen MR) is 113 cm³/mol. The number of halogens is 1. The quantitative estimate of drug-likeness (QED) is 0.377. The molecule has 0 bridgehead atoms. The highest BCUT2D eigenvalue weighted by Gasteiger charge is 2.16. The number of nitrogens with zero attached hydrogens (tertiary/aromatic N) is 4. The summed E-state index contributed by atoms with van der Waals surface area (Å²) < 4.78 is 19.9. The van der Waals surface area contributed by atoms with E-state index < -0.39 is 0 Å². The molecule has 0 aliphatic rings. The van der Waals surface area contributed by atoms with E-state index >= 15 is 0 Å². The molecule has 1 atom stereocenters. The van der Waals surface area contributed by atoms with Crippen molar-refractivity contribution in [2.24, 2.45) is 10.7 Å². The van der Waals surface area contributed by atoms with Crippen LogP contribution in [0.25, 0.3) is 11.1 Å². The van der Waals surface area contributed by atoms with E-state index in [2.05, 4.69) is 25.4 Å². The summed E-state index contributed by atoms with van der Waals surface area (Å²) in [5.41, 5.74) is 8.63. The Labute approximate surface area is 172 Å². The Balaban J connectivity index is 1.50. The van der Waals surface area contributed by atoms with Crippen LogP contribution in [0.15, 0.2) is 82.6 Å². The Hall–Kier alpha value is -4.07. The fourth-order valence-corrected chi connectivity index (χ4v) is 2.98. The van der Waals surface area contributed by atoms with Crippen LogP contribution in [-0.2, 0) is 0 Å². The molecule has 2 aromatic heterocycles. The molecule has 30 heavy (non-hydrogen) atoms. The van der Waals surface area contributed by atoms with Crippen molar-refractivity contribution < 1.29 is 8.91 Å². The number of hydrogen-bond acceptors (Lipinski definition) is 5. The Bertz CT molecular complexity index is 1160. The summed E-state index contributed by atoms with van der Waals surface area (Å²) in [5.74, 6) is 0.127. The molecular formula is C22H19FN6O. The Kier molecular flexibility index (Phi) is 5.47. The SMILES string of the molecule is CC(c1ccc(-c2ccccc2)c(F)c1)c1cc(N=C(N)Nc2ncccn2)on1. The molecule has 0 fully saturated rings. The molecule has 4 aromatic rings. The van der Waals surface area contributed by atoms with Crippen LogP contribution in [0.4, 0.5) is 16.2 Å². The van der Waals surface area contributed by atoms with Gasteiger partial charge in [-0.05, 0) is 23.3 Å². The molecule has 150 valence electrons. The third kappa shape index (κ3) is 4.33. The summed E-state index contributed by atoms with van der Waals surface area (Å²) >= 11 is 0. The van der Waals surface area contributed by atoms with Crippen LogP contribution in [0.3, 0.4) is 0 Å². The zero-order valence-corrected chi connectivity index (χ0v) is 16.2.